The molecule has 0 aliphatic rings. The van der Waals surface area contributed by atoms with Crippen molar-refractivity contribution in [3.05, 3.63) is 62.6 Å². The second-order valence-corrected chi connectivity index (χ2v) is 5.81. The molecule has 2 aromatic rings. The Labute approximate surface area is 140 Å². The predicted octanol–water partition coefficient (Wildman–Crippen LogP) is 1.92. The Bertz CT molecular complexity index is 878. The number of amides is 1. The first-order valence-electron chi connectivity index (χ1n) is 7.68. The minimum absolute atomic E-state index is 0.0299. The van der Waals surface area contributed by atoms with E-state index >= 15 is 0 Å². The highest BCUT2D eigenvalue weighted by Gasteiger charge is 2.16. The Morgan fingerprint density at radius 1 is 1.33 bits per heavy atom. The molecule has 124 valence electrons. The van der Waals surface area contributed by atoms with Crippen LogP contribution >= 0.6 is 0 Å². The normalized spacial score (nSPS) is 11.6. The maximum Gasteiger partial charge on any atom is 0.285 e. The van der Waals surface area contributed by atoms with Crippen LogP contribution in [0, 0.1) is 32.1 Å². The van der Waals surface area contributed by atoms with Gasteiger partial charge >= 0.3 is 0 Å². The third-order valence-electron chi connectivity index (χ3n) is 4.07. The Morgan fingerprint density at radius 3 is 2.62 bits per heavy atom. The van der Waals surface area contributed by atoms with Crippen molar-refractivity contribution in [2.24, 2.45) is 0 Å². The van der Waals surface area contributed by atoms with Gasteiger partial charge in [-0.3, -0.25) is 9.59 Å². The van der Waals surface area contributed by atoms with Crippen molar-refractivity contribution >= 4 is 5.91 Å². The Balaban J connectivity index is 2.20. The molecule has 2 rings (SSSR count). The van der Waals surface area contributed by atoms with Gasteiger partial charge in [0.15, 0.2) is 0 Å². The number of hydrogen-bond acceptors (Lipinski definition) is 4. The highest BCUT2D eigenvalue weighted by Crippen LogP contribution is 2.16. The molecule has 0 fully saturated rings. The standard InChI is InChI=1S/C18H20N4O2/c1-11-7-5-6-8-15(11)14(4)20-17(23)10-22-18(24)16(9-19)12(2)13(3)21-22/h5-8,14H,10H2,1-4H3,(H,20,23)/t14-/m0/s1. The molecule has 1 amide bonds. The summed E-state index contributed by atoms with van der Waals surface area (Å²) in [5, 5.41) is 16.1. The SMILES string of the molecule is Cc1ccccc1[C@H](C)NC(=O)Cn1nc(C)c(C)c(C#N)c1=O. The molecule has 24 heavy (non-hydrogen) atoms. The lowest BCUT2D eigenvalue weighted by molar-refractivity contribution is -0.122. The van der Waals surface area contributed by atoms with E-state index in [1.165, 1.54) is 0 Å². The van der Waals surface area contributed by atoms with E-state index < -0.39 is 5.56 Å². The molecule has 1 aromatic carbocycles. The average Bonchev–Trinajstić information content (AvgIpc) is 2.53. The van der Waals surface area contributed by atoms with Crippen molar-refractivity contribution in [2.75, 3.05) is 0 Å². The highest BCUT2D eigenvalue weighted by atomic mass is 16.2. The highest BCUT2D eigenvalue weighted by molar-refractivity contribution is 5.76. The van der Waals surface area contributed by atoms with Crippen LogP contribution in [0.4, 0.5) is 0 Å². The molecule has 0 spiro atoms. The number of nitrogens with zero attached hydrogens (tertiary/aromatic N) is 3. The molecule has 1 aromatic heterocycles. The summed E-state index contributed by atoms with van der Waals surface area (Å²) in [6.07, 6.45) is 0. The van der Waals surface area contributed by atoms with E-state index in [-0.39, 0.29) is 24.1 Å². The lowest BCUT2D eigenvalue weighted by Gasteiger charge is -2.17. The quantitative estimate of drug-likeness (QED) is 0.930. The molecular weight excluding hydrogens is 304 g/mol. The molecule has 0 unspecified atom stereocenters. The van der Waals surface area contributed by atoms with Gasteiger partial charge in [-0.25, -0.2) is 4.68 Å². The first-order chi connectivity index (χ1) is 11.3. The maximum absolute atomic E-state index is 12.3. The van der Waals surface area contributed by atoms with Crippen LogP contribution in [0.1, 0.15) is 40.9 Å². The largest absolute Gasteiger partial charge is 0.348 e. The number of benzene rings is 1. The number of carbonyl (C=O) groups excluding carboxylic acids is 1. The molecule has 1 N–H and O–H groups in total. The molecule has 0 aliphatic heterocycles. The van der Waals surface area contributed by atoms with Gasteiger partial charge in [0.25, 0.3) is 5.56 Å². The molecule has 0 aliphatic carbocycles. The minimum Gasteiger partial charge on any atom is -0.348 e. The van der Waals surface area contributed by atoms with Crippen LogP contribution in [-0.4, -0.2) is 15.7 Å². The first-order valence-corrected chi connectivity index (χ1v) is 7.68. The van der Waals surface area contributed by atoms with Crippen LogP contribution < -0.4 is 10.9 Å². The summed E-state index contributed by atoms with van der Waals surface area (Å²) < 4.78 is 1.04. The van der Waals surface area contributed by atoms with Gasteiger partial charge in [-0.15, -0.1) is 0 Å². The van der Waals surface area contributed by atoms with E-state index in [2.05, 4.69) is 10.4 Å². The Kier molecular flexibility index (Phi) is 5.14. The lowest BCUT2D eigenvalue weighted by Crippen LogP contribution is -2.36. The molecule has 0 bridgehead atoms. The molecule has 1 atom stereocenters. The summed E-state index contributed by atoms with van der Waals surface area (Å²) in [6.45, 7) is 7.03. The number of carbonyl (C=O) groups is 1. The maximum atomic E-state index is 12.3. The average molecular weight is 324 g/mol. The van der Waals surface area contributed by atoms with Gasteiger partial charge in [-0.2, -0.15) is 10.4 Å². The van der Waals surface area contributed by atoms with E-state index in [1.807, 2.05) is 44.2 Å². The van der Waals surface area contributed by atoms with Crippen molar-refractivity contribution < 1.29 is 4.79 Å². The number of aryl methyl sites for hydroxylation is 2. The van der Waals surface area contributed by atoms with E-state index in [1.54, 1.807) is 13.8 Å². The van der Waals surface area contributed by atoms with Crippen LogP contribution in [-0.2, 0) is 11.3 Å². The van der Waals surface area contributed by atoms with Gasteiger partial charge in [0, 0.05) is 0 Å². The zero-order valence-electron chi connectivity index (χ0n) is 14.3. The molecule has 0 saturated heterocycles. The van der Waals surface area contributed by atoms with E-state index in [0.717, 1.165) is 15.8 Å². The Morgan fingerprint density at radius 2 is 2.00 bits per heavy atom. The van der Waals surface area contributed by atoms with Crippen molar-refractivity contribution in [1.29, 1.82) is 5.26 Å². The van der Waals surface area contributed by atoms with Gasteiger partial charge in [0.2, 0.25) is 5.91 Å². The lowest BCUT2D eigenvalue weighted by atomic mass is 10.0. The molecule has 1 heterocycles. The number of nitrogens with one attached hydrogen (secondary N) is 1. The number of aromatic nitrogens is 2. The van der Waals surface area contributed by atoms with Gasteiger partial charge in [-0.1, -0.05) is 24.3 Å². The van der Waals surface area contributed by atoms with Gasteiger partial charge in [0.1, 0.15) is 18.2 Å². The molecule has 0 saturated carbocycles. The van der Waals surface area contributed by atoms with Gasteiger partial charge < -0.3 is 5.32 Å². The molecule has 6 nitrogen and oxygen atoms in total. The molecular formula is C18H20N4O2. The van der Waals surface area contributed by atoms with Crippen molar-refractivity contribution in [2.45, 2.75) is 40.3 Å². The fraction of sp³-hybridized carbons (Fsp3) is 0.333. The summed E-state index contributed by atoms with van der Waals surface area (Å²) in [5.74, 6) is -0.326. The second-order valence-electron chi connectivity index (χ2n) is 5.81. The van der Waals surface area contributed by atoms with Crippen LogP contribution in [0.2, 0.25) is 0 Å². The number of rotatable bonds is 4. The zero-order chi connectivity index (χ0) is 17.9. The van der Waals surface area contributed by atoms with Crippen molar-refractivity contribution in [1.82, 2.24) is 15.1 Å². The molecule has 6 heteroatoms. The summed E-state index contributed by atoms with van der Waals surface area (Å²) in [4.78, 5) is 24.5. The van der Waals surface area contributed by atoms with Gasteiger partial charge in [-0.05, 0) is 44.4 Å². The van der Waals surface area contributed by atoms with E-state index in [0.29, 0.717) is 11.3 Å². The summed E-state index contributed by atoms with van der Waals surface area (Å²) >= 11 is 0. The summed E-state index contributed by atoms with van der Waals surface area (Å²) in [6, 6.07) is 9.49. The van der Waals surface area contributed by atoms with Gasteiger partial charge in [0.05, 0.1) is 11.7 Å². The monoisotopic (exact) mass is 324 g/mol. The summed E-state index contributed by atoms with van der Waals surface area (Å²) in [7, 11) is 0. The minimum atomic E-state index is -0.542. The van der Waals surface area contributed by atoms with Crippen molar-refractivity contribution in [3.63, 3.8) is 0 Å². The Hall–Kier alpha value is -2.94. The first kappa shape index (κ1) is 17.4. The number of hydrogen-bond donors (Lipinski definition) is 1. The fourth-order valence-electron chi connectivity index (χ4n) is 2.58. The second kappa shape index (κ2) is 7.09. The number of nitriles is 1. The van der Waals surface area contributed by atoms with Crippen molar-refractivity contribution in [3.8, 4) is 6.07 Å². The zero-order valence-corrected chi connectivity index (χ0v) is 14.3. The predicted molar refractivity (Wildman–Crippen MR) is 90.4 cm³/mol. The third kappa shape index (κ3) is 3.51. The topological polar surface area (TPSA) is 87.8 Å². The smallest absolute Gasteiger partial charge is 0.285 e. The van der Waals surface area contributed by atoms with E-state index in [9.17, 15) is 9.59 Å². The third-order valence-corrected chi connectivity index (χ3v) is 4.07. The summed E-state index contributed by atoms with van der Waals surface area (Å²) in [5.41, 5.74) is 2.70. The van der Waals surface area contributed by atoms with E-state index in [4.69, 9.17) is 5.26 Å². The van der Waals surface area contributed by atoms with Crippen LogP contribution in [0.15, 0.2) is 29.1 Å². The molecule has 0 radical (unpaired) electrons. The van der Waals surface area contributed by atoms with Crippen LogP contribution in [0.25, 0.3) is 0 Å². The van der Waals surface area contributed by atoms with Crippen LogP contribution in [0.3, 0.4) is 0 Å². The van der Waals surface area contributed by atoms with Crippen LogP contribution in [0.5, 0.6) is 0 Å². The fourth-order valence-corrected chi connectivity index (χ4v) is 2.58.